The van der Waals surface area contributed by atoms with Gasteiger partial charge in [-0.2, -0.15) is 0 Å². The van der Waals surface area contributed by atoms with E-state index in [1.54, 1.807) is 11.8 Å². The van der Waals surface area contributed by atoms with Crippen molar-refractivity contribution in [3.8, 4) is 0 Å². The Morgan fingerprint density at radius 3 is 2.79 bits per heavy atom. The Morgan fingerprint density at radius 2 is 2.29 bits per heavy atom. The summed E-state index contributed by atoms with van der Waals surface area (Å²) in [7, 11) is 0. The second-order valence-corrected chi connectivity index (χ2v) is 4.67. The van der Waals surface area contributed by atoms with Gasteiger partial charge in [-0.3, -0.25) is 0 Å². The molecular weight excluding hydrogens is 194 g/mol. The van der Waals surface area contributed by atoms with Gasteiger partial charge in [-0.1, -0.05) is 0 Å². The smallest absolute Gasteiger partial charge is 0.0986 e. The second-order valence-electron chi connectivity index (χ2n) is 3.88. The topological polar surface area (TPSA) is 33.1 Å². The van der Waals surface area contributed by atoms with Crippen LogP contribution in [0.1, 0.15) is 30.1 Å². The number of aliphatic hydroxyl groups is 1. The van der Waals surface area contributed by atoms with Crippen molar-refractivity contribution in [2.75, 3.05) is 6.26 Å². The lowest BCUT2D eigenvalue weighted by molar-refractivity contribution is 0.153. The van der Waals surface area contributed by atoms with Crippen molar-refractivity contribution in [1.29, 1.82) is 0 Å². The molecule has 2 rings (SSSR count). The molecule has 1 aromatic heterocycles. The van der Waals surface area contributed by atoms with Crippen LogP contribution >= 0.6 is 11.8 Å². The van der Waals surface area contributed by atoms with Crippen molar-refractivity contribution in [3.63, 3.8) is 0 Å². The van der Waals surface area contributed by atoms with Crippen molar-refractivity contribution in [3.05, 3.63) is 23.4 Å². The van der Waals surface area contributed by atoms with Gasteiger partial charge in [-0.05, 0) is 49.1 Å². The number of hydrogen-bond acceptors (Lipinski definition) is 3. The molecule has 2 nitrogen and oxygen atoms in total. The van der Waals surface area contributed by atoms with Crippen LogP contribution in [0.25, 0.3) is 0 Å². The summed E-state index contributed by atoms with van der Waals surface area (Å²) in [4.78, 5) is 4.33. The van der Waals surface area contributed by atoms with Crippen LogP contribution in [0, 0.1) is 12.8 Å². The average Bonchev–Trinajstić information content (AvgIpc) is 3.00. The molecule has 1 aliphatic carbocycles. The summed E-state index contributed by atoms with van der Waals surface area (Å²) in [6.45, 7) is 2.04. The number of hydrogen-bond donors (Lipinski definition) is 1. The van der Waals surface area contributed by atoms with E-state index in [-0.39, 0.29) is 6.10 Å². The molecule has 1 aliphatic rings. The van der Waals surface area contributed by atoms with E-state index in [2.05, 4.69) is 11.1 Å². The minimum absolute atomic E-state index is 0.294. The van der Waals surface area contributed by atoms with Crippen LogP contribution in [0.3, 0.4) is 0 Å². The minimum atomic E-state index is -0.294. The Labute approximate surface area is 88.8 Å². The van der Waals surface area contributed by atoms with Crippen molar-refractivity contribution < 1.29 is 5.11 Å². The van der Waals surface area contributed by atoms with Gasteiger partial charge in [0.05, 0.1) is 11.1 Å². The van der Waals surface area contributed by atoms with Crippen molar-refractivity contribution in [2.45, 2.75) is 30.9 Å². The molecule has 0 bridgehead atoms. The third kappa shape index (κ3) is 1.93. The lowest BCUT2D eigenvalue weighted by Crippen LogP contribution is -2.01. The van der Waals surface area contributed by atoms with Gasteiger partial charge in [0.2, 0.25) is 0 Å². The molecule has 1 fully saturated rings. The van der Waals surface area contributed by atoms with Gasteiger partial charge in [0.15, 0.2) is 0 Å². The monoisotopic (exact) mass is 209 g/mol. The van der Waals surface area contributed by atoms with E-state index in [0.717, 1.165) is 29.0 Å². The molecule has 1 aromatic rings. The third-order valence-electron chi connectivity index (χ3n) is 2.65. The summed E-state index contributed by atoms with van der Waals surface area (Å²) in [5.41, 5.74) is 2.14. The zero-order valence-corrected chi connectivity index (χ0v) is 9.34. The molecule has 1 atom stereocenters. The predicted octanol–water partition coefficient (Wildman–Crippen LogP) is 2.56. The van der Waals surface area contributed by atoms with Gasteiger partial charge >= 0.3 is 0 Å². The zero-order chi connectivity index (χ0) is 10.1. The average molecular weight is 209 g/mol. The lowest BCUT2D eigenvalue weighted by atomic mass is 10.1. The highest BCUT2D eigenvalue weighted by Crippen LogP contribution is 2.41. The predicted molar refractivity (Wildman–Crippen MR) is 58.4 cm³/mol. The maximum absolute atomic E-state index is 9.90. The van der Waals surface area contributed by atoms with Gasteiger partial charge < -0.3 is 5.11 Å². The van der Waals surface area contributed by atoms with Crippen LogP contribution in [0.2, 0.25) is 0 Å². The molecule has 1 saturated carbocycles. The molecular formula is C11H15NOS. The highest BCUT2D eigenvalue weighted by molar-refractivity contribution is 7.98. The summed E-state index contributed by atoms with van der Waals surface area (Å²) >= 11 is 1.65. The number of aryl methyl sites for hydroxylation is 1. The first kappa shape index (κ1) is 9.99. The Hall–Kier alpha value is -0.540. The number of nitrogens with zero attached hydrogens (tertiary/aromatic N) is 1. The maximum Gasteiger partial charge on any atom is 0.0986 e. The molecule has 14 heavy (non-hydrogen) atoms. The Bertz CT molecular complexity index is 336. The normalized spacial score (nSPS) is 18.2. The number of aromatic nitrogens is 1. The van der Waals surface area contributed by atoms with Gasteiger partial charge in [0.25, 0.3) is 0 Å². The fraction of sp³-hybridized carbons (Fsp3) is 0.545. The zero-order valence-electron chi connectivity index (χ0n) is 8.53. The van der Waals surface area contributed by atoms with Crippen molar-refractivity contribution >= 4 is 11.8 Å². The quantitative estimate of drug-likeness (QED) is 0.777. The third-order valence-corrected chi connectivity index (χ3v) is 3.47. The van der Waals surface area contributed by atoms with Crippen molar-refractivity contribution in [1.82, 2.24) is 4.98 Å². The first-order valence-corrected chi connectivity index (χ1v) is 6.13. The first-order valence-electron chi connectivity index (χ1n) is 4.91. The fourth-order valence-electron chi connectivity index (χ4n) is 1.64. The lowest BCUT2D eigenvalue weighted by Gasteiger charge is -2.11. The molecule has 0 radical (unpaired) electrons. The molecule has 1 heterocycles. The van der Waals surface area contributed by atoms with Gasteiger partial charge in [-0.25, -0.2) is 4.98 Å². The van der Waals surface area contributed by atoms with E-state index in [0.29, 0.717) is 5.92 Å². The number of rotatable bonds is 3. The highest BCUT2D eigenvalue weighted by atomic mass is 32.2. The van der Waals surface area contributed by atoms with Crippen LogP contribution in [0.15, 0.2) is 17.3 Å². The molecule has 1 unspecified atom stereocenters. The summed E-state index contributed by atoms with van der Waals surface area (Å²) in [5, 5.41) is 11.0. The van der Waals surface area contributed by atoms with E-state index in [1.807, 2.05) is 19.4 Å². The molecule has 0 spiro atoms. The van der Waals surface area contributed by atoms with Gasteiger partial charge in [0.1, 0.15) is 0 Å². The molecule has 0 amide bonds. The van der Waals surface area contributed by atoms with Gasteiger partial charge in [0, 0.05) is 6.20 Å². The van der Waals surface area contributed by atoms with E-state index in [1.165, 1.54) is 0 Å². The van der Waals surface area contributed by atoms with E-state index < -0.39 is 0 Å². The first-order chi connectivity index (χ1) is 6.72. The molecule has 0 saturated heterocycles. The summed E-state index contributed by atoms with van der Waals surface area (Å²) in [6.07, 6.45) is 5.85. The fourth-order valence-corrected chi connectivity index (χ4v) is 2.18. The Morgan fingerprint density at radius 1 is 1.57 bits per heavy atom. The Kier molecular flexibility index (Phi) is 2.79. The molecule has 0 aliphatic heterocycles. The van der Waals surface area contributed by atoms with Crippen LogP contribution in [-0.4, -0.2) is 16.3 Å². The molecule has 76 valence electrons. The van der Waals surface area contributed by atoms with E-state index in [9.17, 15) is 5.11 Å². The largest absolute Gasteiger partial charge is 0.388 e. The van der Waals surface area contributed by atoms with Gasteiger partial charge in [-0.15, -0.1) is 11.8 Å². The van der Waals surface area contributed by atoms with E-state index >= 15 is 0 Å². The number of thioether (sulfide) groups is 1. The van der Waals surface area contributed by atoms with Crippen LogP contribution < -0.4 is 0 Å². The molecule has 0 aromatic carbocycles. The number of aliphatic hydroxyl groups excluding tert-OH is 1. The standard InChI is InChI=1S/C11H15NOS/c1-7-5-9(6-12-11(7)14-2)10(13)8-3-4-8/h5-6,8,10,13H,3-4H2,1-2H3. The molecule has 3 heteroatoms. The van der Waals surface area contributed by atoms with Crippen molar-refractivity contribution in [2.24, 2.45) is 5.92 Å². The van der Waals surface area contributed by atoms with E-state index in [4.69, 9.17) is 0 Å². The SMILES string of the molecule is CSc1ncc(C(O)C2CC2)cc1C. The Balaban J connectivity index is 2.22. The minimum Gasteiger partial charge on any atom is -0.388 e. The van der Waals surface area contributed by atoms with Crippen LogP contribution in [0.4, 0.5) is 0 Å². The number of pyridine rings is 1. The summed E-state index contributed by atoms with van der Waals surface area (Å²) in [5.74, 6) is 0.483. The molecule has 1 N–H and O–H groups in total. The summed E-state index contributed by atoms with van der Waals surface area (Å²) in [6, 6.07) is 2.06. The highest BCUT2D eigenvalue weighted by Gasteiger charge is 2.31. The summed E-state index contributed by atoms with van der Waals surface area (Å²) < 4.78 is 0. The van der Waals surface area contributed by atoms with Crippen LogP contribution in [-0.2, 0) is 0 Å². The van der Waals surface area contributed by atoms with Crippen LogP contribution in [0.5, 0.6) is 0 Å². The second kappa shape index (κ2) is 3.91. The maximum atomic E-state index is 9.90.